The van der Waals surface area contributed by atoms with E-state index in [1.807, 2.05) is 60.7 Å². The fourth-order valence-corrected chi connectivity index (χ4v) is 3.08. The molecule has 0 saturated carbocycles. The molecular formula is C24H21N5O5. The summed E-state index contributed by atoms with van der Waals surface area (Å²) in [5.74, 6) is -0.945. The number of hydrogen-bond donors (Lipinski definition) is 1. The molecule has 0 aliphatic carbocycles. The standard InChI is InChI=1S/C24H21N5O5/c1-32-20-13-21(33-2)27-24(26-20)25-19(30)15-34-23(31)18-14-29(17-11-7-4-8-12-17)28-22(18)16-9-5-3-6-10-16/h3-14H,15H2,1-2H3,(H,25,26,27,30). The van der Waals surface area contributed by atoms with Crippen molar-refractivity contribution >= 4 is 17.8 Å². The number of nitrogens with one attached hydrogen (secondary N) is 1. The van der Waals surface area contributed by atoms with Gasteiger partial charge in [0.1, 0.15) is 11.3 Å². The van der Waals surface area contributed by atoms with E-state index < -0.39 is 18.5 Å². The topological polar surface area (TPSA) is 117 Å². The van der Waals surface area contributed by atoms with Crippen LogP contribution >= 0.6 is 0 Å². The van der Waals surface area contributed by atoms with Gasteiger partial charge in [0.2, 0.25) is 17.7 Å². The number of carbonyl (C=O) groups excluding carboxylic acids is 2. The van der Waals surface area contributed by atoms with Gasteiger partial charge in [0.05, 0.1) is 26.0 Å². The van der Waals surface area contributed by atoms with Crippen LogP contribution in [0.1, 0.15) is 10.4 Å². The maximum atomic E-state index is 12.9. The minimum atomic E-state index is -0.694. The lowest BCUT2D eigenvalue weighted by Crippen LogP contribution is -2.22. The summed E-state index contributed by atoms with van der Waals surface area (Å²) >= 11 is 0. The zero-order valence-electron chi connectivity index (χ0n) is 18.5. The minimum Gasteiger partial charge on any atom is -0.481 e. The smallest absolute Gasteiger partial charge is 0.342 e. The number of anilines is 1. The van der Waals surface area contributed by atoms with E-state index in [1.165, 1.54) is 20.3 Å². The average Bonchev–Trinajstić information content (AvgIpc) is 3.34. The summed E-state index contributed by atoms with van der Waals surface area (Å²) in [6.45, 7) is -0.549. The van der Waals surface area contributed by atoms with Gasteiger partial charge in [-0.3, -0.25) is 10.1 Å². The Kier molecular flexibility index (Phi) is 6.78. The van der Waals surface area contributed by atoms with Crippen LogP contribution in [0.5, 0.6) is 11.8 Å². The van der Waals surface area contributed by atoms with Crippen LogP contribution in [0, 0.1) is 0 Å². The highest BCUT2D eigenvalue weighted by Gasteiger charge is 2.21. The number of aromatic nitrogens is 4. The number of benzene rings is 2. The number of ether oxygens (including phenoxy) is 3. The zero-order valence-corrected chi connectivity index (χ0v) is 18.5. The summed E-state index contributed by atoms with van der Waals surface area (Å²) in [5.41, 5.74) is 2.18. The maximum Gasteiger partial charge on any atom is 0.342 e. The van der Waals surface area contributed by atoms with Gasteiger partial charge in [-0.05, 0) is 12.1 Å². The van der Waals surface area contributed by atoms with E-state index in [-0.39, 0.29) is 23.3 Å². The van der Waals surface area contributed by atoms with E-state index in [4.69, 9.17) is 14.2 Å². The van der Waals surface area contributed by atoms with Crippen molar-refractivity contribution in [1.29, 1.82) is 0 Å². The van der Waals surface area contributed by atoms with Crippen LogP contribution in [-0.2, 0) is 9.53 Å². The van der Waals surface area contributed by atoms with Crippen LogP contribution in [0.3, 0.4) is 0 Å². The normalized spacial score (nSPS) is 10.4. The third-order valence-corrected chi connectivity index (χ3v) is 4.69. The monoisotopic (exact) mass is 459 g/mol. The lowest BCUT2D eigenvalue weighted by molar-refractivity contribution is -0.119. The number of carbonyl (C=O) groups is 2. The highest BCUT2D eigenvalue weighted by Crippen LogP contribution is 2.24. The van der Waals surface area contributed by atoms with Gasteiger partial charge < -0.3 is 14.2 Å². The Bertz CT molecular complexity index is 1270. The van der Waals surface area contributed by atoms with Crippen LogP contribution in [0.25, 0.3) is 16.9 Å². The fourth-order valence-electron chi connectivity index (χ4n) is 3.08. The van der Waals surface area contributed by atoms with Crippen molar-refractivity contribution in [3.05, 3.63) is 78.5 Å². The molecule has 10 heteroatoms. The summed E-state index contributed by atoms with van der Waals surface area (Å²) in [6.07, 6.45) is 1.58. The Balaban J connectivity index is 1.51. The van der Waals surface area contributed by atoms with Crippen molar-refractivity contribution in [3.63, 3.8) is 0 Å². The van der Waals surface area contributed by atoms with E-state index in [0.29, 0.717) is 5.69 Å². The van der Waals surface area contributed by atoms with Crippen LogP contribution in [0.15, 0.2) is 72.9 Å². The van der Waals surface area contributed by atoms with Crippen LogP contribution in [0.2, 0.25) is 0 Å². The molecule has 0 aliphatic heterocycles. The molecule has 172 valence electrons. The first-order valence-electron chi connectivity index (χ1n) is 10.2. The van der Waals surface area contributed by atoms with Gasteiger partial charge in [-0.1, -0.05) is 48.5 Å². The Morgan fingerprint density at radius 3 is 2.15 bits per heavy atom. The van der Waals surface area contributed by atoms with Gasteiger partial charge in [0, 0.05) is 11.8 Å². The maximum absolute atomic E-state index is 12.9. The molecule has 0 radical (unpaired) electrons. The number of esters is 1. The Hall–Kier alpha value is -4.73. The van der Waals surface area contributed by atoms with Crippen molar-refractivity contribution in [2.24, 2.45) is 0 Å². The number of para-hydroxylation sites is 1. The molecule has 4 aromatic rings. The van der Waals surface area contributed by atoms with Gasteiger partial charge in [-0.2, -0.15) is 15.1 Å². The molecule has 0 spiro atoms. The molecule has 0 saturated heterocycles. The van der Waals surface area contributed by atoms with E-state index >= 15 is 0 Å². The van der Waals surface area contributed by atoms with Gasteiger partial charge >= 0.3 is 5.97 Å². The second-order valence-electron chi connectivity index (χ2n) is 6.94. The third kappa shape index (κ3) is 5.18. The van der Waals surface area contributed by atoms with Crippen LogP contribution in [0.4, 0.5) is 5.95 Å². The number of nitrogens with zero attached hydrogens (tertiary/aromatic N) is 4. The van der Waals surface area contributed by atoms with Crippen LogP contribution in [-0.4, -0.2) is 52.5 Å². The van der Waals surface area contributed by atoms with E-state index in [9.17, 15) is 9.59 Å². The predicted molar refractivity (Wildman–Crippen MR) is 123 cm³/mol. The quantitative estimate of drug-likeness (QED) is 0.399. The Labute approximate surface area is 195 Å². The zero-order chi connectivity index (χ0) is 23.9. The van der Waals surface area contributed by atoms with Gasteiger partial charge in [-0.15, -0.1) is 0 Å². The van der Waals surface area contributed by atoms with Crippen molar-refractivity contribution in [1.82, 2.24) is 19.7 Å². The van der Waals surface area contributed by atoms with Gasteiger partial charge in [0.25, 0.3) is 5.91 Å². The van der Waals surface area contributed by atoms with Gasteiger partial charge in [0.15, 0.2) is 6.61 Å². The fraction of sp³-hybridized carbons (Fsp3) is 0.125. The molecular weight excluding hydrogens is 438 g/mol. The molecule has 0 fully saturated rings. The molecule has 1 amide bonds. The van der Waals surface area contributed by atoms with E-state index in [2.05, 4.69) is 20.4 Å². The molecule has 2 aromatic heterocycles. The van der Waals surface area contributed by atoms with Gasteiger partial charge in [-0.25, -0.2) is 9.48 Å². The molecule has 10 nitrogen and oxygen atoms in total. The number of amides is 1. The minimum absolute atomic E-state index is 0.0425. The molecule has 4 rings (SSSR count). The first-order chi connectivity index (χ1) is 16.6. The lowest BCUT2D eigenvalue weighted by Gasteiger charge is -2.08. The second-order valence-corrected chi connectivity index (χ2v) is 6.94. The lowest BCUT2D eigenvalue weighted by atomic mass is 10.1. The Morgan fingerprint density at radius 2 is 1.53 bits per heavy atom. The molecule has 0 unspecified atom stereocenters. The second kappa shape index (κ2) is 10.3. The van der Waals surface area contributed by atoms with Crippen LogP contribution < -0.4 is 14.8 Å². The summed E-state index contributed by atoms with van der Waals surface area (Å²) in [7, 11) is 2.85. The van der Waals surface area contributed by atoms with Crippen molar-refractivity contribution in [2.45, 2.75) is 0 Å². The molecule has 0 atom stereocenters. The number of hydrogen-bond acceptors (Lipinski definition) is 8. The molecule has 0 aliphatic rings. The first kappa shape index (κ1) is 22.5. The molecule has 34 heavy (non-hydrogen) atoms. The molecule has 2 heterocycles. The van der Waals surface area contributed by atoms with E-state index in [0.717, 1.165) is 11.3 Å². The molecule has 1 N–H and O–H groups in total. The largest absolute Gasteiger partial charge is 0.481 e. The number of methoxy groups -OCH3 is 2. The third-order valence-electron chi connectivity index (χ3n) is 4.69. The summed E-state index contributed by atoms with van der Waals surface area (Å²) < 4.78 is 17.0. The van der Waals surface area contributed by atoms with Crippen molar-refractivity contribution in [2.75, 3.05) is 26.1 Å². The molecule has 2 aromatic carbocycles. The summed E-state index contributed by atoms with van der Waals surface area (Å²) in [5, 5.41) is 7.03. The van der Waals surface area contributed by atoms with Crippen molar-refractivity contribution < 1.29 is 23.8 Å². The SMILES string of the molecule is COc1cc(OC)nc(NC(=O)COC(=O)c2cn(-c3ccccc3)nc2-c2ccccc2)n1. The predicted octanol–water partition coefficient (Wildman–Crippen LogP) is 3.14. The van der Waals surface area contributed by atoms with Crippen molar-refractivity contribution in [3.8, 4) is 28.7 Å². The highest BCUT2D eigenvalue weighted by atomic mass is 16.5. The highest BCUT2D eigenvalue weighted by molar-refractivity contribution is 5.98. The first-order valence-corrected chi connectivity index (χ1v) is 10.2. The number of rotatable bonds is 8. The van der Waals surface area contributed by atoms with E-state index in [1.54, 1.807) is 10.9 Å². The molecule has 0 bridgehead atoms. The average molecular weight is 459 g/mol. The summed E-state index contributed by atoms with van der Waals surface area (Å²) in [6, 6.07) is 20.1. The summed E-state index contributed by atoms with van der Waals surface area (Å²) in [4.78, 5) is 33.3. The Morgan fingerprint density at radius 1 is 0.912 bits per heavy atom.